The van der Waals surface area contributed by atoms with Gasteiger partial charge in [-0.05, 0) is 87.4 Å². The largest absolute Gasteiger partial charge is 0.198 e. The summed E-state index contributed by atoms with van der Waals surface area (Å²) in [4.78, 5) is 0. The lowest BCUT2D eigenvalue weighted by Gasteiger charge is -2.47. The lowest BCUT2D eigenvalue weighted by Crippen LogP contribution is -2.38. The summed E-state index contributed by atoms with van der Waals surface area (Å²) in [6.45, 7) is 4.57. The molecule has 27 heavy (non-hydrogen) atoms. The van der Waals surface area contributed by atoms with Gasteiger partial charge in [0.2, 0.25) is 0 Å². The van der Waals surface area contributed by atoms with Gasteiger partial charge in [-0.15, -0.1) is 0 Å². The van der Waals surface area contributed by atoms with E-state index in [1.807, 2.05) is 0 Å². The van der Waals surface area contributed by atoms with E-state index in [1.165, 1.54) is 103 Å². The van der Waals surface area contributed by atoms with Gasteiger partial charge in [0.15, 0.2) is 0 Å². The van der Waals surface area contributed by atoms with Gasteiger partial charge in [-0.3, -0.25) is 0 Å². The van der Waals surface area contributed by atoms with E-state index in [2.05, 4.69) is 19.9 Å². The number of hydrogen-bond acceptors (Lipinski definition) is 1. The Kier molecular flexibility index (Phi) is 8.10. The molecule has 1 nitrogen and oxygen atoms in total. The molecule has 0 amide bonds. The molecule has 0 unspecified atom stereocenters. The summed E-state index contributed by atoms with van der Waals surface area (Å²) >= 11 is 0. The van der Waals surface area contributed by atoms with Crippen molar-refractivity contribution in [1.82, 2.24) is 0 Å². The first-order chi connectivity index (χ1) is 13.2. The van der Waals surface area contributed by atoms with E-state index in [9.17, 15) is 5.26 Å². The zero-order chi connectivity index (χ0) is 19.1. The van der Waals surface area contributed by atoms with Gasteiger partial charge in [0, 0.05) is 0 Å². The fraction of sp³-hybridized carbons (Fsp3) is 0.962. The van der Waals surface area contributed by atoms with Crippen molar-refractivity contribution in [2.75, 3.05) is 0 Å². The topological polar surface area (TPSA) is 23.8 Å². The molecule has 0 spiro atoms. The number of rotatable bonds is 8. The maximum Gasteiger partial charge on any atom is 0.0689 e. The van der Waals surface area contributed by atoms with Gasteiger partial charge in [-0.2, -0.15) is 5.26 Å². The van der Waals surface area contributed by atoms with Crippen LogP contribution in [0.4, 0.5) is 0 Å². The lowest BCUT2D eigenvalue weighted by molar-refractivity contribution is 0.0383. The van der Waals surface area contributed by atoms with Crippen LogP contribution in [0.3, 0.4) is 0 Å². The molecular formula is C26H45N. The Morgan fingerprint density at radius 3 is 2.19 bits per heavy atom. The van der Waals surface area contributed by atoms with E-state index < -0.39 is 0 Å². The minimum Gasteiger partial charge on any atom is -0.198 e. The molecule has 0 N–H and O–H groups in total. The van der Waals surface area contributed by atoms with E-state index in [0.29, 0.717) is 0 Å². The summed E-state index contributed by atoms with van der Waals surface area (Å²) < 4.78 is 0. The van der Waals surface area contributed by atoms with Crippen molar-refractivity contribution in [1.29, 1.82) is 5.26 Å². The van der Waals surface area contributed by atoms with Gasteiger partial charge in [-0.25, -0.2) is 0 Å². The van der Waals surface area contributed by atoms with Crippen molar-refractivity contribution in [2.24, 2.45) is 35.0 Å². The standard InChI is InChI=1S/C26H45N/c1-3-5-6-7-8-21-9-11-22(12-10-21)23-13-14-25-19-26(20-27,16-4-2)17-15-24(25)18-23/h21-25H,3-19H2,1-2H3/t21?,22?,23-,24+,25+,26-/m0/s1. The molecule has 0 bridgehead atoms. The van der Waals surface area contributed by atoms with Crippen LogP contribution in [0.25, 0.3) is 0 Å². The van der Waals surface area contributed by atoms with Crippen LogP contribution in [0.2, 0.25) is 0 Å². The van der Waals surface area contributed by atoms with Crippen molar-refractivity contribution in [3.63, 3.8) is 0 Å². The van der Waals surface area contributed by atoms with Crippen molar-refractivity contribution in [3.8, 4) is 6.07 Å². The maximum absolute atomic E-state index is 9.79. The molecule has 0 aromatic heterocycles. The van der Waals surface area contributed by atoms with Crippen LogP contribution in [-0.4, -0.2) is 0 Å². The zero-order valence-corrected chi connectivity index (χ0v) is 18.4. The van der Waals surface area contributed by atoms with Crippen LogP contribution in [0.5, 0.6) is 0 Å². The average Bonchev–Trinajstić information content (AvgIpc) is 2.71. The summed E-state index contributed by atoms with van der Waals surface area (Å²) in [6.07, 6.45) is 23.8. The van der Waals surface area contributed by atoms with E-state index in [4.69, 9.17) is 0 Å². The number of nitrogens with zero attached hydrogens (tertiary/aromatic N) is 1. The number of fused-ring (bicyclic) bond motifs is 1. The molecule has 3 saturated carbocycles. The Morgan fingerprint density at radius 1 is 0.778 bits per heavy atom. The maximum atomic E-state index is 9.79. The SMILES string of the molecule is CCCCCCC1CCC([C@H]2CC[C@@H]3C[C@](C#N)(CCC)CC[C@@H]3C2)CC1. The number of hydrogen-bond donors (Lipinski definition) is 0. The van der Waals surface area contributed by atoms with Crippen LogP contribution in [-0.2, 0) is 0 Å². The molecule has 154 valence electrons. The molecule has 0 radical (unpaired) electrons. The second-order valence-electron chi connectivity index (χ2n) is 10.6. The molecule has 1 heteroatoms. The molecule has 3 rings (SSSR count). The van der Waals surface area contributed by atoms with Crippen LogP contribution in [0.15, 0.2) is 0 Å². The Labute approximate surface area is 169 Å². The molecule has 0 aromatic rings. The predicted molar refractivity (Wildman–Crippen MR) is 115 cm³/mol. The highest BCUT2D eigenvalue weighted by molar-refractivity contribution is 5.04. The number of nitriles is 1. The van der Waals surface area contributed by atoms with E-state index in [0.717, 1.165) is 36.0 Å². The van der Waals surface area contributed by atoms with E-state index in [1.54, 1.807) is 0 Å². The quantitative estimate of drug-likeness (QED) is 0.394. The third-order valence-corrected chi connectivity index (χ3v) is 8.82. The van der Waals surface area contributed by atoms with Crippen LogP contribution < -0.4 is 0 Å². The normalized spacial score (nSPS) is 39.5. The second kappa shape index (κ2) is 10.3. The summed E-state index contributed by atoms with van der Waals surface area (Å²) in [7, 11) is 0. The summed E-state index contributed by atoms with van der Waals surface area (Å²) in [6, 6.07) is 2.76. The van der Waals surface area contributed by atoms with E-state index >= 15 is 0 Å². The summed E-state index contributed by atoms with van der Waals surface area (Å²) in [5, 5.41) is 9.79. The summed E-state index contributed by atoms with van der Waals surface area (Å²) in [5.74, 6) is 4.93. The minimum atomic E-state index is 0.0403. The second-order valence-corrected chi connectivity index (χ2v) is 10.6. The van der Waals surface area contributed by atoms with Crippen LogP contribution >= 0.6 is 0 Å². The average molecular weight is 372 g/mol. The molecule has 0 heterocycles. The summed E-state index contributed by atoms with van der Waals surface area (Å²) in [5.41, 5.74) is 0.0403. The smallest absolute Gasteiger partial charge is 0.0689 e. The Balaban J connectivity index is 1.41. The van der Waals surface area contributed by atoms with Gasteiger partial charge >= 0.3 is 0 Å². The molecule has 0 saturated heterocycles. The number of unbranched alkanes of at least 4 members (excludes halogenated alkanes) is 3. The first-order valence-electron chi connectivity index (χ1n) is 12.6. The Hall–Kier alpha value is -0.510. The van der Waals surface area contributed by atoms with Gasteiger partial charge < -0.3 is 0 Å². The highest BCUT2D eigenvalue weighted by Gasteiger charge is 2.44. The molecular weight excluding hydrogens is 326 g/mol. The van der Waals surface area contributed by atoms with E-state index in [-0.39, 0.29) is 5.41 Å². The molecule has 0 aromatic carbocycles. The first kappa shape index (κ1) is 21.2. The molecule has 4 atom stereocenters. The molecule has 3 aliphatic carbocycles. The van der Waals surface area contributed by atoms with Gasteiger partial charge in [-0.1, -0.05) is 65.2 Å². The van der Waals surface area contributed by atoms with Gasteiger partial charge in [0.25, 0.3) is 0 Å². The third kappa shape index (κ3) is 5.52. The van der Waals surface area contributed by atoms with Crippen molar-refractivity contribution < 1.29 is 0 Å². The molecule has 0 aliphatic heterocycles. The predicted octanol–water partition coefficient (Wildman–Crippen LogP) is 8.29. The monoisotopic (exact) mass is 371 g/mol. The van der Waals surface area contributed by atoms with Crippen molar-refractivity contribution in [2.45, 2.75) is 123 Å². The van der Waals surface area contributed by atoms with Crippen molar-refractivity contribution in [3.05, 3.63) is 0 Å². The first-order valence-corrected chi connectivity index (χ1v) is 12.6. The highest BCUT2D eigenvalue weighted by Crippen LogP contribution is 2.53. The molecule has 3 fully saturated rings. The van der Waals surface area contributed by atoms with Crippen LogP contribution in [0.1, 0.15) is 123 Å². The van der Waals surface area contributed by atoms with Gasteiger partial charge in [0.1, 0.15) is 0 Å². The van der Waals surface area contributed by atoms with Crippen molar-refractivity contribution >= 4 is 0 Å². The van der Waals surface area contributed by atoms with Crippen LogP contribution in [0, 0.1) is 46.3 Å². The highest BCUT2D eigenvalue weighted by atomic mass is 14.5. The fourth-order valence-electron chi connectivity index (χ4n) is 7.15. The lowest BCUT2D eigenvalue weighted by atomic mass is 9.57. The fourth-order valence-corrected chi connectivity index (χ4v) is 7.15. The Morgan fingerprint density at radius 2 is 1.48 bits per heavy atom. The molecule has 3 aliphatic rings. The van der Waals surface area contributed by atoms with Gasteiger partial charge in [0.05, 0.1) is 11.5 Å². The zero-order valence-electron chi connectivity index (χ0n) is 18.4. The minimum absolute atomic E-state index is 0.0403. The Bertz CT molecular complexity index is 469. The third-order valence-electron chi connectivity index (χ3n) is 8.82.